The molecule has 0 fully saturated rings. The summed E-state index contributed by atoms with van der Waals surface area (Å²) in [6.45, 7) is 4.29. The summed E-state index contributed by atoms with van der Waals surface area (Å²) in [7, 11) is 0. The molecular weight excluding hydrogens is 292 g/mol. The third kappa shape index (κ3) is 5.55. The van der Waals surface area contributed by atoms with Crippen LogP contribution in [0.15, 0.2) is 18.7 Å². The van der Waals surface area contributed by atoms with Crippen LogP contribution in [0.4, 0.5) is 5.95 Å². The molecule has 0 aliphatic carbocycles. The zero-order chi connectivity index (χ0) is 14.9. The number of hydrogen-bond acceptors (Lipinski definition) is 6. The first kappa shape index (κ1) is 15.5. The van der Waals surface area contributed by atoms with Crippen LogP contribution in [-0.2, 0) is 6.54 Å². The van der Waals surface area contributed by atoms with Gasteiger partial charge in [0.1, 0.15) is 0 Å². The van der Waals surface area contributed by atoms with E-state index in [9.17, 15) is 0 Å². The normalized spacial score (nSPS) is 10.6. The maximum Gasteiger partial charge on any atom is 0.322 e. The molecule has 0 atom stereocenters. The number of halogens is 1. The highest BCUT2D eigenvalue weighted by Crippen LogP contribution is 2.11. The Labute approximate surface area is 128 Å². The Morgan fingerprint density at radius 2 is 2.19 bits per heavy atom. The van der Waals surface area contributed by atoms with Gasteiger partial charge in [0.05, 0.1) is 12.9 Å². The second-order valence-corrected chi connectivity index (χ2v) is 4.83. The van der Waals surface area contributed by atoms with Gasteiger partial charge in [-0.05, 0) is 30.9 Å². The molecule has 2 rings (SSSR count). The summed E-state index contributed by atoms with van der Waals surface area (Å²) in [5.74, 6) is 0.448. The van der Waals surface area contributed by atoms with Crippen LogP contribution in [-0.4, -0.2) is 37.7 Å². The van der Waals surface area contributed by atoms with Crippen molar-refractivity contribution in [3.8, 4) is 6.01 Å². The summed E-state index contributed by atoms with van der Waals surface area (Å²) < 4.78 is 7.41. The van der Waals surface area contributed by atoms with Crippen LogP contribution in [0.5, 0.6) is 6.01 Å². The first-order chi connectivity index (χ1) is 10.3. The average molecular weight is 311 g/mol. The zero-order valence-corrected chi connectivity index (χ0v) is 12.8. The smallest absolute Gasteiger partial charge is 0.322 e. The quantitative estimate of drug-likeness (QED) is 0.717. The number of nitrogens with zero attached hydrogens (tertiary/aromatic N) is 5. The minimum atomic E-state index is 0.136. The summed E-state index contributed by atoms with van der Waals surface area (Å²) in [5.41, 5.74) is 0. The fourth-order valence-electron chi connectivity index (χ4n) is 1.71. The van der Waals surface area contributed by atoms with Crippen molar-refractivity contribution in [1.82, 2.24) is 24.5 Å². The van der Waals surface area contributed by atoms with Crippen molar-refractivity contribution in [2.75, 3.05) is 18.5 Å². The molecule has 0 spiro atoms. The molecule has 114 valence electrons. The highest BCUT2D eigenvalue weighted by atomic mass is 35.5. The van der Waals surface area contributed by atoms with Crippen molar-refractivity contribution in [2.45, 2.75) is 32.7 Å². The van der Waals surface area contributed by atoms with E-state index in [0.29, 0.717) is 12.6 Å². The van der Waals surface area contributed by atoms with Crippen LogP contribution in [0.25, 0.3) is 0 Å². The number of unbranched alkanes of at least 4 members (excludes halogenated alkanes) is 1. The number of anilines is 1. The van der Waals surface area contributed by atoms with E-state index in [0.717, 1.165) is 32.4 Å². The van der Waals surface area contributed by atoms with Gasteiger partial charge in [-0.3, -0.25) is 0 Å². The molecule has 0 amide bonds. The van der Waals surface area contributed by atoms with Gasteiger partial charge in [0, 0.05) is 25.5 Å². The van der Waals surface area contributed by atoms with Gasteiger partial charge in [0.2, 0.25) is 11.2 Å². The van der Waals surface area contributed by atoms with Gasteiger partial charge in [-0.25, -0.2) is 4.98 Å². The van der Waals surface area contributed by atoms with E-state index in [1.807, 2.05) is 19.4 Å². The lowest BCUT2D eigenvalue weighted by atomic mass is 10.3. The SMILES string of the molecule is CCCOc1nc(Cl)nc(NCCCCn2ccnc2)n1. The first-order valence-corrected chi connectivity index (χ1v) is 7.39. The molecule has 7 nitrogen and oxygen atoms in total. The van der Waals surface area contributed by atoms with Gasteiger partial charge in [-0.2, -0.15) is 15.0 Å². The maximum absolute atomic E-state index is 5.84. The van der Waals surface area contributed by atoms with Crippen LogP contribution >= 0.6 is 11.6 Å². The molecule has 2 heterocycles. The second kappa shape index (κ2) is 8.41. The second-order valence-electron chi connectivity index (χ2n) is 4.49. The van der Waals surface area contributed by atoms with Crippen molar-refractivity contribution in [3.63, 3.8) is 0 Å². The zero-order valence-electron chi connectivity index (χ0n) is 12.0. The predicted molar refractivity (Wildman–Crippen MR) is 80.6 cm³/mol. The van der Waals surface area contributed by atoms with E-state index in [1.54, 1.807) is 6.20 Å². The molecule has 0 radical (unpaired) electrons. The molecule has 0 aliphatic rings. The highest BCUT2D eigenvalue weighted by molar-refractivity contribution is 6.28. The van der Waals surface area contributed by atoms with Crippen LogP contribution in [0.1, 0.15) is 26.2 Å². The molecule has 0 saturated heterocycles. The third-order valence-corrected chi connectivity index (χ3v) is 2.88. The summed E-state index contributed by atoms with van der Waals surface area (Å²) in [6.07, 6.45) is 8.48. The van der Waals surface area contributed by atoms with Crippen LogP contribution in [0.2, 0.25) is 5.28 Å². The minimum Gasteiger partial charge on any atom is -0.463 e. The largest absolute Gasteiger partial charge is 0.463 e. The number of aromatic nitrogens is 5. The number of ether oxygens (including phenoxy) is 1. The van der Waals surface area contributed by atoms with Gasteiger partial charge < -0.3 is 14.6 Å². The van der Waals surface area contributed by atoms with Crippen molar-refractivity contribution in [2.24, 2.45) is 0 Å². The van der Waals surface area contributed by atoms with Crippen molar-refractivity contribution < 1.29 is 4.74 Å². The molecule has 8 heteroatoms. The first-order valence-electron chi connectivity index (χ1n) is 7.02. The molecule has 2 aromatic rings. The Kier molecular flexibility index (Phi) is 6.21. The van der Waals surface area contributed by atoms with Crippen molar-refractivity contribution in [1.29, 1.82) is 0 Å². The van der Waals surface area contributed by atoms with E-state index in [4.69, 9.17) is 16.3 Å². The molecule has 2 aromatic heterocycles. The number of nitrogens with one attached hydrogen (secondary N) is 1. The Morgan fingerprint density at radius 1 is 1.29 bits per heavy atom. The molecule has 1 N–H and O–H groups in total. The molecule has 0 unspecified atom stereocenters. The summed E-state index contributed by atoms with van der Waals surface area (Å²) in [4.78, 5) is 16.1. The fourth-order valence-corrected chi connectivity index (χ4v) is 1.86. The van der Waals surface area contributed by atoms with E-state index < -0.39 is 0 Å². The maximum atomic E-state index is 5.84. The Hall–Kier alpha value is -1.89. The molecule has 0 saturated carbocycles. The Morgan fingerprint density at radius 3 is 2.95 bits per heavy atom. The van der Waals surface area contributed by atoms with E-state index in [2.05, 4.69) is 29.8 Å². The topological polar surface area (TPSA) is 77.8 Å². The fraction of sp³-hybridized carbons (Fsp3) is 0.538. The Bertz CT molecular complexity index is 533. The predicted octanol–water partition coefficient (Wildman–Crippen LogP) is 2.40. The van der Waals surface area contributed by atoms with E-state index in [-0.39, 0.29) is 11.3 Å². The standard InChI is InChI=1S/C13H19ClN6O/c1-2-9-21-13-18-11(14)17-12(19-13)16-5-3-4-7-20-8-6-15-10-20/h6,8,10H,2-5,7,9H2,1H3,(H,16,17,18,19). The number of hydrogen-bond donors (Lipinski definition) is 1. The number of rotatable bonds is 9. The van der Waals surface area contributed by atoms with Gasteiger partial charge in [-0.15, -0.1) is 0 Å². The van der Waals surface area contributed by atoms with Gasteiger partial charge in [-0.1, -0.05) is 6.92 Å². The summed E-state index contributed by atoms with van der Waals surface area (Å²) in [6, 6.07) is 0.262. The van der Waals surface area contributed by atoms with Crippen LogP contribution in [0.3, 0.4) is 0 Å². The van der Waals surface area contributed by atoms with Crippen molar-refractivity contribution >= 4 is 17.5 Å². The Balaban J connectivity index is 1.73. The third-order valence-electron chi connectivity index (χ3n) is 2.71. The van der Waals surface area contributed by atoms with Crippen LogP contribution < -0.4 is 10.1 Å². The van der Waals surface area contributed by atoms with E-state index in [1.165, 1.54) is 0 Å². The lowest BCUT2D eigenvalue weighted by Gasteiger charge is -2.07. The minimum absolute atomic E-state index is 0.136. The number of imidazole rings is 1. The summed E-state index contributed by atoms with van der Waals surface area (Å²) >= 11 is 5.84. The highest BCUT2D eigenvalue weighted by Gasteiger charge is 2.05. The average Bonchev–Trinajstić information content (AvgIpc) is 2.97. The van der Waals surface area contributed by atoms with Gasteiger partial charge >= 0.3 is 6.01 Å². The lowest BCUT2D eigenvalue weighted by Crippen LogP contribution is -2.09. The molecule has 0 aliphatic heterocycles. The van der Waals surface area contributed by atoms with Gasteiger partial charge in [0.25, 0.3) is 0 Å². The van der Waals surface area contributed by atoms with Gasteiger partial charge in [0.15, 0.2) is 0 Å². The molecule has 21 heavy (non-hydrogen) atoms. The molecule has 0 bridgehead atoms. The summed E-state index contributed by atoms with van der Waals surface area (Å²) in [5, 5.41) is 3.27. The monoisotopic (exact) mass is 310 g/mol. The van der Waals surface area contributed by atoms with E-state index >= 15 is 0 Å². The lowest BCUT2D eigenvalue weighted by molar-refractivity contribution is 0.291. The molecule has 0 aromatic carbocycles. The number of aryl methyl sites for hydroxylation is 1. The van der Waals surface area contributed by atoms with Crippen LogP contribution in [0, 0.1) is 0 Å². The molecular formula is C13H19ClN6O. The van der Waals surface area contributed by atoms with Crippen molar-refractivity contribution in [3.05, 3.63) is 24.0 Å².